The van der Waals surface area contributed by atoms with Gasteiger partial charge in [0.05, 0.1) is 46.0 Å². The Labute approximate surface area is 187 Å². The minimum Gasteiger partial charge on any atom is -0.366 e. The zero-order valence-electron chi connectivity index (χ0n) is 17.8. The van der Waals surface area contributed by atoms with Gasteiger partial charge in [0.1, 0.15) is 17.6 Å². The molecule has 0 saturated heterocycles. The van der Waals surface area contributed by atoms with Gasteiger partial charge in [-0.15, -0.1) is 0 Å². The molecule has 10 heteroatoms. The summed E-state index contributed by atoms with van der Waals surface area (Å²) in [6.07, 6.45) is 1.48. The maximum absolute atomic E-state index is 13.7. The van der Waals surface area contributed by atoms with Crippen molar-refractivity contribution in [1.29, 1.82) is 5.26 Å². The average Bonchev–Trinajstić information content (AvgIpc) is 3.05. The Morgan fingerprint density at radius 1 is 1.21 bits per heavy atom. The standard InChI is InChI=1S/C23H18FN7O2/c1-12-21(13(2)31(30-12)11-16-5-3-14(9-25)10-27-16)29-23(33)20-8-18(22(26)32)17-6-4-15(24)7-19(17)28-20/h3-8,10H,11H2,1-2H3,(H2,26,32)(H,29,33). The molecule has 4 aromatic rings. The van der Waals surface area contributed by atoms with Crippen LogP contribution >= 0.6 is 0 Å². The Morgan fingerprint density at radius 3 is 2.67 bits per heavy atom. The number of amides is 2. The van der Waals surface area contributed by atoms with Gasteiger partial charge in [0.25, 0.3) is 5.91 Å². The molecular formula is C23H18FN7O2. The number of halogens is 1. The number of pyridine rings is 2. The highest BCUT2D eigenvalue weighted by Gasteiger charge is 2.19. The van der Waals surface area contributed by atoms with Crippen molar-refractivity contribution in [1.82, 2.24) is 19.7 Å². The van der Waals surface area contributed by atoms with E-state index in [1.807, 2.05) is 6.07 Å². The number of hydrogen-bond acceptors (Lipinski definition) is 6. The second-order valence-electron chi connectivity index (χ2n) is 7.39. The summed E-state index contributed by atoms with van der Waals surface area (Å²) in [5.41, 5.74) is 8.46. The van der Waals surface area contributed by atoms with Gasteiger partial charge in [-0.2, -0.15) is 10.4 Å². The molecule has 2 amide bonds. The average molecular weight is 443 g/mol. The van der Waals surface area contributed by atoms with Crippen LogP contribution in [0.3, 0.4) is 0 Å². The van der Waals surface area contributed by atoms with Crippen LogP contribution in [0.1, 0.15) is 43.5 Å². The van der Waals surface area contributed by atoms with Crippen LogP contribution in [0.15, 0.2) is 42.6 Å². The number of carbonyl (C=O) groups excluding carboxylic acids is 2. The Kier molecular flexibility index (Phi) is 5.54. The highest BCUT2D eigenvalue weighted by molar-refractivity contribution is 6.10. The fourth-order valence-corrected chi connectivity index (χ4v) is 3.47. The number of primary amides is 1. The smallest absolute Gasteiger partial charge is 0.274 e. The lowest BCUT2D eigenvalue weighted by atomic mass is 10.1. The molecule has 3 aromatic heterocycles. The van der Waals surface area contributed by atoms with Gasteiger partial charge in [0.2, 0.25) is 5.91 Å². The third-order valence-electron chi connectivity index (χ3n) is 5.16. The predicted octanol–water partition coefficient (Wildman–Crippen LogP) is 2.85. The van der Waals surface area contributed by atoms with E-state index in [1.54, 1.807) is 30.7 Å². The number of hydrogen-bond donors (Lipinski definition) is 2. The number of nitrogens with zero attached hydrogens (tertiary/aromatic N) is 5. The Bertz CT molecular complexity index is 1450. The quantitative estimate of drug-likeness (QED) is 0.486. The number of nitrogens with one attached hydrogen (secondary N) is 1. The zero-order chi connectivity index (χ0) is 23.7. The summed E-state index contributed by atoms with van der Waals surface area (Å²) in [7, 11) is 0. The van der Waals surface area contributed by atoms with Crippen LogP contribution in [0.2, 0.25) is 0 Å². The van der Waals surface area contributed by atoms with Crippen LogP contribution in [0.25, 0.3) is 10.9 Å². The third kappa shape index (κ3) is 4.24. The van der Waals surface area contributed by atoms with E-state index < -0.39 is 17.6 Å². The summed E-state index contributed by atoms with van der Waals surface area (Å²) < 4.78 is 15.4. The second-order valence-corrected chi connectivity index (χ2v) is 7.39. The van der Waals surface area contributed by atoms with E-state index >= 15 is 0 Å². The number of carbonyl (C=O) groups is 2. The van der Waals surface area contributed by atoms with Crippen LogP contribution in [0.4, 0.5) is 10.1 Å². The molecule has 0 radical (unpaired) electrons. The molecule has 0 atom stereocenters. The highest BCUT2D eigenvalue weighted by atomic mass is 19.1. The number of nitrogens with two attached hydrogens (primary N) is 1. The van der Waals surface area contributed by atoms with Gasteiger partial charge in [-0.25, -0.2) is 9.37 Å². The van der Waals surface area contributed by atoms with Crippen LogP contribution < -0.4 is 11.1 Å². The minimum atomic E-state index is -0.752. The van der Waals surface area contributed by atoms with Crippen LogP contribution in [0.5, 0.6) is 0 Å². The van der Waals surface area contributed by atoms with Crippen molar-refractivity contribution in [2.75, 3.05) is 5.32 Å². The number of rotatable bonds is 5. The number of anilines is 1. The van der Waals surface area contributed by atoms with Crippen molar-refractivity contribution in [3.05, 3.63) is 82.3 Å². The van der Waals surface area contributed by atoms with E-state index in [0.717, 1.165) is 6.07 Å². The summed E-state index contributed by atoms with van der Waals surface area (Å²) in [4.78, 5) is 33.3. The summed E-state index contributed by atoms with van der Waals surface area (Å²) >= 11 is 0. The van der Waals surface area contributed by atoms with Crippen molar-refractivity contribution >= 4 is 28.4 Å². The minimum absolute atomic E-state index is 0.0705. The first-order valence-corrected chi connectivity index (χ1v) is 9.87. The first-order chi connectivity index (χ1) is 15.8. The van der Waals surface area contributed by atoms with Crippen molar-refractivity contribution in [2.24, 2.45) is 5.73 Å². The molecule has 0 spiro atoms. The molecule has 0 fully saturated rings. The topological polar surface area (TPSA) is 140 Å². The molecule has 3 heterocycles. The fourth-order valence-electron chi connectivity index (χ4n) is 3.47. The zero-order valence-corrected chi connectivity index (χ0v) is 17.8. The second kappa shape index (κ2) is 8.47. The van der Waals surface area contributed by atoms with Gasteiger partial charge in [-0.1, -0.05) is 0 Å². The molecule has 0 saturated carbocycles. The molecule has 4 rings (SSSR count). The number of aryl methyl sites for hydroxylation is 1. The van der Waals surface area contributed by atoms with Crippen molar-refractivity contribution in [3.63, 3.8) is 0 Å². The van der Waals surface area contributed by atoms with E-state index in [2.05, 4.69) is 20.4 Å². The van der Waals surface area contributed by atoms with Gasteiger partial charge in [-0.05, 0) is 44.2 Å². The summed E-state index contributed by atoms with van der Waals surface area (Å²) in [6.45, 7) is 3.87. The molecule has 0 unspecified atom stereocenters. The lowest BCUT2D eigenvalue weighted by Crippen LogP contribution is -2.18. The van der Waals surface area contributed by atoms with Crippen LogP contribution in [-0.4, -0.2) is 31.6 Å². The van der Waals surface area contributed by atoms with Gasteiger partial charge in [0, 0.05) is 17.6 Å². The predicted molar refractivity (Wildman–Crippen MR) is 118 cm³/mol. The van der Waals surface area contributed by atoms with Crippen molar-refractivity contribution < 1.29 is 14.0 Å². The SMILES string of the molecule is Cc1nn(Cc2ccc(C#N)cn2)c(C)c1NC(=O)c1cc(C(N)=O)c2ccc(F)cc2n1. The van der Waals surface area contributed by atoms with E-state index in [1.165, 1.54) is 24.4 Å². The molecule has 164 valence electrons. The molecular weight excluding hydrogens is 425 g/mol. The van der Waals surface area contributed by atoms with E-state index in [4.69, 9.17) is 11.0 Å². The molecule has 33 heavy (non-hydrogen) atoms. The fraction of sp³-hybridized carbons (Fsp3) is 0.130. The molecule has 0 aliphatic rings. The first-order valence-electron chi connectivity index (χ1n) is 9.87. The van der Waals surface area contributed by atoms with Gasteiger partial charge in [0.15, 0.2) is 0 Å². The number of nitriles is 1. The number of fused-ring (bicyclic) bond motifs is 1. The van der Waals surface area contributed by atoms with Crippen LogP contribution in [-0.2, 0) is 6.54 Å². The lowest BCUT2D eigenvalue weighted by molar-refractivity contribution is 0.100. The van der Waals surface area contributed by atoms with Gasteiger partial charge in [-0.3, -0.25) is 19.3 Å². The van der Waals surface area contributed by atoms with Gasteiger partial charge < -0.3 is 11.1 Å². The monoisotopic (exact) mass is 443 g/mol. The number of aromatic nitrogens is 4. The molecule has 9 nitrogen and oxygen atoms in total. The Balaban J connectivity index is 1.64. The Hall–Kier alpha value is -4.65. The molecule has 0 aliphatic heterocycles. The molecule has 0 bridgehead atoms. The largest absolute Gasteiger partial charge is 0.366 e. The maximum atomic E-state index is 13.7. The normalized spacial score (nSPS) is 10.7. The summed E-state index contributed by atoms with van der Waals surface area (Å²) in [6, 6.07) is 10.4. The molecule has 1 aromatic carbocycles. The van der Waals surface area contributed by atoms with E-state index in [9.17, 15) is 14.0 Å². The Morgan fingerprint density at radius 2 is 2.00 bits per heavy atom. The van der Waals surface area contributed by atoms with Crippen LogP contribution in [0, 0.1) is 31.0 Å². The summed E-state index contributed by atoms with van der Waals surface area (Å²) in [5.74, 6) is -1.89. The van der Waals surface area contributed by atoms with Crippen molar-refractivity contribution in [3.8, 4) is 6.07 Å². The highest BCUT2D eigenvalue weighted by Crippen LogP contribution is 2.23. The van der Waals surface area contributed by atoms with E-state index in [-0.39, 0.29) is 16.8 Å². The molecule has 0 aliphatic carbocycles. The maximum Gasteiger partial charge on any atom is 0.274 e. The van der Waals surface area contributed by atoms with Gasteiger partial charge >= 0.3 is 0 Å². The lowest BCUT2D eigenvalue weighted by Gasteiger charge is -2.09. The number of benzene rings is 1. The van der Waals surface area contributed by atoms with E-state index in [0.29, 0.717) is 40.3 Å². The third-order valence-corrected chi connectivity index (χ3v) is 5.16. The van der Waals surface area contributed by atoms with Crippen molar-refractivity contribution in [2.45, 2.75) is 20.4 Å². The first kappa shape index (κ1) is 21.6. The summed E-state index contributed by atoms with van der Waals surface area (Å²) in [5, 5.41) is 16.5. The molecule has 3 N–H and O–H groups in total.